The average Bonchev–Trinajstić information content (AvgIpc) is 2.86. The van der Waals surface area contributed by atoms with Crippen molar-refractivity contribution in [1.82, 2.24) is 0 Å². The van der Waals surface area contributed by atoms with Crippen molar-refractivity contribution in [1.29, 1.82) is 0 Å². The lowest BCUT2D eigenvalue weighted by atomic mass is 9.82. The van der Waals surface area contributed by atoms with E-state index in [0.717, 1.165) is 5.58 Å². The highest BCUT2D eigenvalue weighted by Gasteiger charge is 2.20. The SMILES string of the molecule is CCCC(CCC)c1c(C)c(C)c2occc2c1C. The zero-order chi connectivity index (χ0) is 14.0. The molecule has 1 aromatic heterocycles. The summed E-state index contributed by atoms with van der Waals surface area (Å²) in [7, 11) is 0. The molecule has 0 atom stereocenters. The Balaban J connectivity index is 2.63. The van der Waals surface area contributed by atoms with Crippen molar-refractivity contribution in [2.75, 3.05) is 0 Å². The minimum atomic E-state index is 0.702. The molecular formula is C18H26O. The fraction of sp³-hybridized carbons (Fsp3) is 0.556. The molecule has 2 aromatic rings. The summed E-state index contributed by atoms with van der Waals surface area (Å²) in [5.74, 6) is 0.702. The molecule has 0 radical (unpaired) electrons. The normalized spacial score (nSPS) is 11.7. The van der Waals surface area contributed by atoms with E-state index in [2.05, 4.69) is 40.7 Å². The summed E-state index contributed by atoms with van der Waals surface area (Å²) in [6.07, 6.45) is 6.91. The molecule has 0 saturated heterocycles. The van der Waals surface area contributed by atoms with Gasteiger partial charge in [-0.15, -0.1) is 0 Å². The zero-order valence-corrected chi connectivity index (χ0v) is 13.0. The van der Waals surface area contributed by atoms with Crippen LogP contribution in [-0.2, 0) is 0 Å². The Morgan fingerprint density at radius 3 is 2.16 bits per heavy atom. The van der Waals surface area contributed by atoms with Gasteiger partial charge < -0.3 is 4.42 Å². The first-order chi connectivity index (χ1) is 9.11. The van der Waals surface area contributed by atoms with Crippen molar-refractivity contribution in [2.45, 2.75) is 66.2 Å². The van der Waals surface area contributed by atoms with Gasteiger partial charge in [-0.25, -0.2) is 0 Å². The lowest BCUT2D eigenvalue weighted by Gasteiger charge is -2.23. The highest BCUT2D eigenvalue weighted by atomic mass is 16.3. The molecule has 0 N–H and O–H groups in total. The van der Waals surface area contributed by atoms with Gasteiger partial charge in [0.05, 0.1) is 6.26 Å². The van der Waals surface area contributed by atoms with Crippen LogP contribution in [0, 0.1) is 20.8 Å². The predicted molar refractivity (Wildman–Crippen MR) is 83.0 cm³/mol. The second kappa shape index (κ2) is 5.81. The monoisotopic (exact) mass is 258 g/mol. The summed E-state index contributed by atoms with van der Waals surface area (Å²) >= 11 is 0. The van der Waals surface area contributed by atoms with Crippen LogP contribution in [0.15, 0.2) is 16.7 Å². The molecule has 0 unspecified atom stereocenters. The van der Waals surface area contributed by atoms with Crippen LogP contribution >= 0.6 is 0 Å². The van der Waals surface area contributed by atoms with Crippen LogP contribution in [-0.4, -0.2) is 0 Å². The lowest BCUT2D eigenvalue weighted by Crippen LogP contribution is -2.05. The Labute approximate surface area is 117 Å². The minimum Gasteiger partial charge on any atom is -0.464 e. The quantitative estimate of drug-likeness (QED) is 0.637. The van der Waals surface area contributed by atoms with Gasteiger partial charge in [0.25, 0.3) is 0 Å². The summed E-state index contributed by atoms with van der Waals surface area (Å²) in [6.45, 7) is 11.3. The Morgan fingerprint density at radius 1 is 0.947 bits per heavy atom. The fourth-order valence-electron chi connectivity index (χ4n) is 3.44. The van der Waals surface area contributed by atoms with Crippen molar-refractivity contribution in [2.24, 2.45) is 0 Å². The summed E-state index contributed by atoms with van der Waals surface area (Å²) in [4.78, 5) is 0. The van der Waals surface area contributed by atoms with Crippen LogP contribution in [0.1, 0.15) is 67.7 Å². The maximum atomic E-state index is 5.67. The molecule has 0 fully saturated rings. The van der Waals surface area contributed by atoms with Gasteiger partial charge in [0.2, 0.25) is 0 Å². The number of hydrogen-bond acceptors (Lipinski definition) is 1. The first-order valence-electron chi connectivity index (χ1n) is 7.58. The summed E-state index contributed by atoms with van der Waals surface area (Å²) in [5.41, 5.74) is 6.84. The van der Waals surface area contributed by atoms with Crippen LogP contribution in [0.2, 0.25) is 0 Å². The van der Waals surface area contributed by atoms with Gasteiger partial charge in [-0.1, -0.05) is 26.7 Å². The molecule has 1 aromatic carbocycles. The van der Waals surface area contributed by atoms with E-state index in [1.807, 2.05) is 6.26 Å². The minimum absolute atomic E-state index is 0.702. The lowest BCUT2D eigenvalue weighted by molar-refractivity contribution is 0.555. The Morgan fingerprint density at radius 2 is 1.58 bits per heavy atom. The average molecular weight is 258 g/mol. The van der Waals surface area contributed by atoms with Crippen molar-refractivity contribution >= 4 is 11.0 Å². The van der Waals surface area contributed by atoms with Gasteiger partial charge in [0, 0.05) is 5.39 Å². The van der Waals surface area contributed by atoms with E-state index in [-0.39, 0.29) is 0 Å². The third kappa shape index (κ3) is 2.43. The molecule has 0 saturated carbocycles. The maximum Gasteiger partial charge on any atom is 0.137 e. The predicted octanol–water partition coefficient (Wildman–Crippen LogP) is 6.04. The second-order valence-corrected chi connectivity index (χ2v) is 5.73. The van der Waals surface area contributed by atoms with Gasteiger partial charge in [-0.05, 0) is 67.9 Å². The first kappa shape index (κ1) is 14.2. The van der Waals surface area contributed by atoms with E-state index >= 15 is 0 Å². The molecule has 2 rings (SSSR count). The van der Waals surface area contributed by atoms with Crippen LogP contribution in [0.25, 0.3) is 11.0 Å². The van der Waals surface area contributed by atoms with Crippen LogP contribution in [0.4, 0.5) is 0 Å². The van der Waals surface area contributed by atoms with E-state index in [1.54, 1.807) is 5.56 Å². The first-order valence-corrected chi connectivity index (χ1v) is 7.58. The van der Waals surface area contributed by atoms with E-state index < -0.39 is 0 Å². The number of furan rings is 1. The zero-order valence-electron chi connectivity index (χ0n) is 13.0. The second-order valence-electron chi connectivity index (χ2n) is 5.73. The molecule has 0 aliphatic carbocycles. The van der Waals surface area contributed by atoms with E-state index in [9.17, 15) is 0 Å². The third-order valence-electron chi connectivity index (χ3n) is 4.46. The number of benzene rings is 1. The molecule has 0 aliphatic heterocycles. The van der Waals surface area contributed by atoms with Crippen molar-refractivity contribution in [3.05, 3.63) is 34.6 Å². The van der Waals surface area contributed by atoms with Gasteiger partial charge in [-0.3, -0.25) is 0 Å². The molecule has 19 heavy (non-hydrogen) atoms. The number of rotatable bonds is 5. The van der Waals surface area contributed by atoms with Gasteiger partial charge >= 0.3 is 0 Å². The van der Waals surface area contributed by atoms with Crippen molar-refractivity contribution < 1.29 is 4.42 Å². The molecule has 1 heterocycles. The molecule has 0 spiro atoms. The summed E-state index contributed by atoms with van der Waals surface area (Å²) in [5, 5.41) is 1.30. The highest BCUT2D eigenvalue weighted by molar-refractivity contribution is 5.86. The molecule has 0 bridgehead atoms. The van der Waals surface area contributed by atoms with Crippen LogP contribution in [0.5, 0.6) is 0 Å². The number of aryl methyl sites for hydroxylation is 2. The largest absolute Gasteiger partial charge is 0.464 e. The molecule has 1 heteroatoms. The number of hydrogen-bond donors (Lipinski definition) is 0. The van der Waals surface area contributed by atoms with Gasteiger partial charge in [-0.2, -0.15) is 0 Å². The molecule has 104 valence electrons. The molecule has 0 aliphatic rings. The fourth-order valence-corrected chi connectivity index (χ4v) is 3.44. The highest BCUT2D eigenvalue weighted by Crippen LogP contribution is 2.38. The smallest absolute Gasteiger partial charge is 0.137 e. The molecule has 0 amide bonds. The Hall–Kier alpha value is -1.24. The Kier molecular flexibility index (Phi) is 4.34. The van der Waals surface area contributed by atoms with Crippen molar-refractivity contribution in [3.63, 3.8) is 0 Å². The van der Waals surface area contributed by atoms with E-state index in [1.165, 1.54) is 47.8 Å². The maximum absolute atomic E-state index is 5.67. The summed E-state index contributed by atoms with van der Waals surface area (Å²) in [6, 6.07) is 2.12. The van der Waals surface area contributed by atoms with Crippen molar-refractivity contribution in [3.8, 4) is 0 Å². The van der Waals surface area contributed by atoms with Crippen LogP contribution in [0.3, 0.4) is 0 Å². The standard InChI is InChI=1S/C18H26O/c1-6-8-15(9-7-2)17-12(3)13(4)18-16(14(17)5)10-11-19-18/h10-11,15H,6-9H2,1-5H3. The number of fused-ring (bicyclic) bond motifs is 1. The summed E-state index contributed by atoms with van der Waals surface area (Å²) < 4.78 is 5.67. The van der Waals surface area contributed by atoms with Crippen LogP contribution < -0.4 is 0 Å². The Bertz CT molecular complexity index is 557. The van der Waals surface area contributed by atoms with E-state index in [0.29, 0.717) is 5.92 Å². The van der Waals surface area contributed by atoms with Gasteiger partial charge in [0.15, 0.2) is 0 Å². The third-order valence-corrected chi connectivity index (χ3v) is 4.46. The topological polar surface area (TPSA) is 13.1 Å². The van der Waals surface area contributed by atoms with E-state index in [4.69, 9.17) is 4.42 Å². The van der Waals surface area contributed by atoms with Gasteiger partial charge in [0.1, 0.15) is 5.58 Å². The molecule has 1 nitrogen and oxygen atoms in total. The molecular weight excluding hydrogens is 232 g/mol.